The van der Waals surface area contributed by atoms with Crippen molar-refractivity contribution in [3.8, 4) is 0 Å². The predicted octanol–water partition coefficient (Wildman–Crippen LogP) is 3.62. The molecule has 0 bridgehead atoms. The molecule has 0 spiro atoms. The van der Waals surface area contributed by atoms with Gasteiger partial charge in [0.1, 0.15) is 5.69 Å². The zero-order chi connectivity index (χ0) is 19.0. The van der Waals surface area contributed by atoms with E-state index in [4.69, 9.17) is 0 Å². The molecule has 0 amide bonds. The summed E-state index contributed by atoms with van der Waals surface area (Å²) in [7, 11) is 0. The van der Waals surface area contributed by atoms with E-state index in [0.717, 1.165) is 6.07 Å². The second-order valence-electron chi connectivity index (χ2n) is 6.76. The summed E-state index contributed by atoms with van der Waals surface area (Å²) >= 11 is 0. The number of alkyl halides is 3. The van der Waals surface area contributed by atoms with Crippen LogP contribution in [0.25, 0.3) is 5.65 Å². The Morgan fingerprint density at radius 3 is 2.52 bits per heavy atom. The van der Waals surface area contributed by atoms with Gasteiger partial charge in [-0.15, -0.1) is 0 Å². The van der Waals surface area contributed by atoms with Gasteiger partial charge in [0.05, 0.1) is 11.8 Å². The van der Waals surface area contributed by atoms with E-state index in [1.807, 2.05) is 4.90 Å². The zero-order valence-corrected chi connectivity index (χ0v) is 14.5. The number of aromatic nitrogens is 3. The molecule has 142 valence electrons. The number of likely N-dealkylation sites (tertiary alicyclic amines) is 1. The number of imidazole rings is 1. The molecular weight excluding hydrogens is 357 g/mol. The van der Waals surface area contributed by atoms with Crippen LogP contribution in [0.2, 0.25) is 0 Å². The minimum atomic E-state index is -4.35. The Morgan fingerprint density at radius 1 is 1.07 bits per heavy atom. The van der Waals surface area contributed by atoms with Gasteiger partial charge >= 0.3 is 6.18 Å². The third-order valence-corrected chi connectivity index (χ3v) is 5.10. The first kappa shape index (κ1) is 17.9. The molecule has 0 aliphatic carbocycles. The van der Waals surface area contributed by atoms with Crippen LogP contribution in [0.1, 0.15) is 41.8 Å². The van der Waals surface area contributed by atoms with Gasteiger partial charge in [0.15, 0.2) is 11.9 Å². The summed E-state index contributed by atoms with van der Waals surface area (Å²) in [4.78, 5) is 6.21. The van der Waals surface area contributed by atoms with Crippen LogP contribution in [-0.4, -0.2) is 37.7 Å². The van der Waals surface area contributed by atoms with Gasteiger partial charge in [-0.25, -0.2) is 9.50 Å². The SMILES string of the molecule is OC(c1cn2ncccc2n1)N1CCC(c2ccccc2C(F)(F)F)CC1. The number of piperidine rings is 1. The van der Waals surface area contributed by atoms with E-state index >= 15 is 0 Å². The third kappa shape index (κ3) is 3.54. The van der Waals surface area contributed by atoms with Crippen molar-refractivity contribution in [3.05, 3.63) is 65.6 Å². The Morgan fingerprint density at radius 2 is 1.81 bits per heavy atom. The number of hydrogen-bond donors (Lipinski definition) is 1. The van der Waals surface area contributed by atoms with Gasteiger partial charge in [-0.05, 0) is 42.5 Å². The summed E-state index contributed by atoms with van der Waals surface area (Å²) in [5.41, 5.74) is 0.912. The molecule has 3 aromatic rings. The number of nitrogens with zero attached hydrogens (tertiary/aromatic N) is 4. The second kappa shape index (κ2) is 6.94. The molecule has 4 rings (SSSR count). The number of benzene rings is 1. The van der Waals surface area contributed by atoms with Crippen molar-refractivity contribution in [1.29, 1.82) is 0 Å². The lowest BCUT2D eigenvalue weighted by molar-refractivity contribution is -0.138. The van der Waals surface area contributed by atoms with E-state index in [1.54, 1.807) is 41.2 Å². The molecule has 1 N–H and O–H groups in total. The lowest BCUT2D eigenvalue weighted by Crippen LogP contribution is -2.36. The Hall–Kier alpha value is -2.45. The Labute approximate surface area is 154 Å². The van der Waals surface area contributed by atoms with E-state index < -0.39 is 18.0 Å². The van der Waals surface area contributed by atoms with E-state index in [0.29, 0.717) is 42.8 Å². The first-order chi connectivity index (χ1) is 12.9. The van der Waals surface area contributed by atoms with Crippen LogP contribution >= 0.6 is 0 Å². The normalized spacial score (nSPS) is 18.1. The number of rotatable bonds is 3. The molecule has 0 saturated carbocycles. The molecule has 1 atom stereocenters. The third-order valence-electron chi connectivity index (χ3n) is 5.10. The molecule has 1 fully saturated rings. The van der Waals surface area contributed by atoms with E-state index in [2.05, 4.69) is 10.1 Å². The number of aliphatic hydroxyl groups excluding tert-OH is 1. The van der Waals surface area contributed by atoms with Gasteiger partial charge in [-0.1, -0.05) is 18.2 Å². The van der Waals surface area contributed by atoms with Gasteiger partial charge in [-0.3, -0.25) is 4.90 Å². The molecule has 0 radical (unpaired) electrons. The highest BCUT2D eigenvalue weighted by Gasteiger charge is 2.36. The maximum absolute atomic E-state index is 13.3. The van der Waals surface area contributed by atoms with Crippen LogP contribution in [0.4, 0.5) is 13.2 Å². The highest BCUT2D eigenvalue weighted by Crippen LogP contribution is 2.39. The number of halogens is 3. The van der Waals surface area contributed by atoms with Crippen molar-refractivity contribution in [1.82, 2.24) is 19.5 Å². The van der Waals surface area contributed by atoms with Gasteiger partial charge in [0, 0.05) is 19.3 Å². The Bertz CT molecular complexity index is 899. The highest BCUT2D eigenvalue weighted by molar-refractivity contribution is 5.38. The van der Waals surface area contributed by atoms with Gasteiger partial charge in [0.25, 0.3) is 0 Å². The fourth-order valence-electron chi connectivity index (χ4n) is 3.73. The van der Waals surface area contributed by atoms with Crippen molar-refractivity contribution in [2.24, 2.45) is 0 Å². The van der Waals surface area contributed by atoms with E-state index in [1.165, 1.54) is 6.07 Å². The maximum atomic E-state index is 13.3. The fourth-order valence-corrected chi connectivity index (χ4v) is 3.73. The molecule has 1 aliphatic rings. The number of hydrogen-bond acceptors (Lipinski definition) is 4. The van der Waals surface area contributed by atoms with E-state index in [-0.39, 0.29) is 5.92 Å². The summed E-state index contributed by atoms with van der Waals surface area (Å²) in [6.07, 6.45) is -0.840. The quantitative estimate of drug-likeness (QED) is 0.759. The van der Waals surface area contributed by atoms with Crippen molar-refractivity contribution < 1.29 is 18.3 Å². The van der Waals surface area contributed by atoms with E-state index in [9.17, 15) is 18.3 Å². The molecule has 27 heavy (non-hydrogen) atoms. The molecule has 1 aliphatic heterocycles. The smallest absolute Gasteiger partial charge is 0.372 e. The minimum Gasteiger partial charge on any atom is -0.372 e. The average Bonchev–Trinajstić information content (AvgIpc) is 3.11. The molecule has 8 heteroatoms. The standard InChI is InChI=1S/C19H19F3N4O/c20-19(21,22)15-5-2-1-4-14(15)13-7-10-25(11-8-13)18(27)16-12-26-17(24-16)6-3-9-23-26/h1-6,9,12-13,18,27H,7-8,10-11H2. The largest absolute Gasteiger partial charge is 0.416 e. The van der Waals surface area contributed by atoms with Crippen molar-refractivity contribution in [2.45, 2.75) is 31.2 Å². The molecule has 3 heterocycles. The molecule has 1 saturated heterocycles. The summed E-state index contributed by atoms with van der Waals surface area (Å²) in [5.74, 6) is -0.172. The second-order valence-corrected chi connectivity index (χ2v) is 6.76. The number of fused-ring (bicyclic) bond motifs is 1. The van der Waals surface area contributed by atoms with Crippen LogP contribution < -0.4 is 0 Å². The van der Waals surface area contributed by atoms with Crippen molar-refractivity contribution >= 4 is 5.65 Å². The van der Waals surface area contributed by atoms with Crippen LogP contribution in [0.15, 0.2) is 48.8 Å². The maximum Gasteiger partial charge on any atom is 0.416 e. The summed E-state index contributed by atoms with van der Waals surface area (Å²) < 4.78 is 41.4. The van der Waals surface area contributed by atoms with Gasteiger partial charge in [-0.2, -0.15) is 18.3 Å². The van der Waals surface area contributed by atoms with Gasteiger partial charge in [0.2, 0.25) is 0 Å². The first-order valence-corrected chi connectivity index (χ1v) is 8.82. The van der Waals surface area contributed by atoms with Crippen LogP contribution in [0.3, 0.4) is 0 Å². The predicted molar refractivity (Wildman–Crippen MR) is 92.9 cm³/mol. The van der Waals surface area contributed by atoms with Crippen LogP contribution in [0, 0.1) is 0 Å². The van der Waals surface area contributed by atoms with Crippen LogP contribution in [0.5, 0.6) is 0 Å². The molecule has 1 unspecified atom stereocenters. The minimum absolute atomic E-state index is 0.172. The fraction of sp³-hybridized carbons (Fsp3) is 0.368. The lowest BCUT2D eigenvalue weighted by atomic mass is 9.86. The van der Waals surface area contributed by atoms with Crippen LogP contribution in [-0.2, 0) is 6.18 Å². The average molecular weight is 376 g/mol. The topological polar surface area (TPSA) is 53.7 Å². The summed E-state index contributed by atoms with van der Waals surface area (Å²) in [5, 5.41) is 14.8. The zero-order valence-electron chi connectivity index (χ0n) is 14.5. The molecule has 1 aromatic carbocycles. The Kier molecular flexibility index (Phi) is 4.61. The van der Waals surface area contributed by atoms with Crippen molar-refractivity contribution in [3.63, 3.8) is 0 Å². The lowest BCUT2D eigenvalue weighted by Gasteiger charge is -2.35. The molecule has 2 aromatic heterocycles. The summed E-state index contributed by atoms with van der Waals surface area (Å²) in [6.45, 7) is 0.999. The van der Waals surface area contributed by atoms with Gasteiger partial charge < -0.3 is 5.11 Å². The first-order valence-electron chi connectivity index (χ1n) is 8.82. The van der Waals surface area contributed by atoms with Crippen molar-refractivity contribution in [2.75, 3.05) is 13.1 Å². The monoisotopic (exact) mass is 376 g/mol. The number of aliphatic hydroxyl groups is 1. The Balaban J connectivity index is 1.48. The molecular formula is C19H19F3N4O. The highest BCUT2D eigenvalue weighted by atomic mass is 19.4. The molecule has 5 nitrogen and oxygen atoms in total. The summed E-state index contributed by atoms with van der Waals surface area (Å²) in [6, 6.07) is 9.33.